The zero-order chi connectivity index (χ0) is 22.8. The number of nitrogens with two attached hydrogens (primary N) is 1. The lowest BCUT2D eigenvalue weighted by Gasteiger charge is -2.25. The monoisotopic (exact) mass is 436 g/mol. The Balaban J connectivity index is 1.68. The molecule has 0 spiro atoms. The predicted molar refractivity (Wildman–Crippen MR) is 128 cm³/mol. The predicted octanol–water partition coefficient (Wildman–Crippen LogP) is 3.18. The highest BCUT2D eigenvalue weighted by molar-refractivity contribution is 5.95. The van der Waals surface area contributed by atoms with Crippen LogP contribution in [0.3, 0.4) is 0 Å². The fourth-order valence-corrected chi connectivity index (χ4v) is 3.59. The lowest BCUT2D eigenvalue weighted by molar-refractivity contribution is -0.141. The van der Waals surface area contributed by atoms with Crippen LogP contribution in [0.1, 0.15) is 30.9 Å². The van der Waals surface area contributed by atoms with Gasteiger partial charge in [-0.1, -0.05) is 30.4 Å². The molecule has 170 valence electrons. The number of anilines is 1. The van der Waals surface area contributed by atoms with Gasteiger partial charge in [-0.05, 0) is 68.8 Å². The molecule has 4 N–H and O–H groups in total. The van der Waals surface area contributed by atoms with Crippen LogP contribution in [0, 0.1) is 5.41 Å². The van der Waals surface area contributed by atoms with E-state index in [1.165, 1.54) is 0 Å². The molecule has 2 aromatic carbocycles. The Labute approximate surface area is 189 Å². The van der Waals surface area contributed by atoms with Crippen molar-refractivity contribution in [3.63, 3.8) is 0 Å². The normalized spacial score (nSPS) is 14.3. The van der Waals surface area contributed by atoms with Crippen LogP contribution >= 0.6 is 0 Å². The minimum absolute atomic E-state index is 0.0379. The first-order chi connectivity index (χ1) is 15.5. The molecule has 1 aliphatic heterocycles. The zero-order valence-electron chi connectivity index (χ0n) is 18.5. The summed E-state index contributed by atoms with van der Waals surface area (Å²) in [6.07, 6.45) is 6.20. The van der Waals surface area contributed by atoms with Gasteiger partial charge in [0, 0.05) is 17.8 Å². The maximum Gasteiger partial charge on any atom is 0.325 e. The number of carbonyl (C=O) groups is 1. The molecular weight excluding hydrogens is 404 g/mol. The highest BCUT2D eigenvalue weighted by atomic mass is 16.5. The number of esters is 1. The third kappa shape index (κ3) is 7.13. The number of ether oxygens (including phenoxy) is 2. The number of amidine groups is 1. The SMILES string of the molecule is CCOC(=O)CN(C/C=C/c1cccc(C(=N)N)c1)c1ccc(OC2CCNCC2)cc1. The molecule has 0 saturated carbocycles. The molecule has 0 aromatic heterocycles. The summed E-state index contributed by atoms with van der Waals surface area (Å²) in [5, 5.41) is 10.9. The number of rotatable bonds is 10. The molecule has 32 heavy (non-hydrogen) atoms. The maximum atomic E-state index is 12.2. The van der Waals surface area contributed by atoms with Crippen LogP contribution < -0.4 is 20.7 Å². The van der Waals surface area contributed by atoms with Crippen LogP contribution in [0.2, 0.25) is 0 Å². The minimum Gasteiger partial charge on any atom is -0.490 e. The van der Waals surface area contributed by atoms with Crippen molar-refractivity contribution in [3.8, 4) is 5.75 Å². The van der Waals surface area contributed by atoms with Gasteiger partial charge in [0.25, 0.3) is 0 Å². The third-order valence-corrected chi connectivity index (χ3v) is 5.25. The van der Waals surface area contributed by atoms with Crippen molar-refractivity contribution in [2.45, 2.75) is 25.9 Å². The number of hydrogen-bond donors (Lipinski definition) is 3. The van der Waals surface area contributed by atoms with Crippen LogP contribution in [-0.4, -0.2) is 50.7 Å². The first-order valence-corrected chi connectivity index (χ1v) is 11.0. The Hall–Kier alpha value is -3.32. The maximum absolute atomic E-state index is 12.2. The molecular formula is C25H32N4O3. The number of piperidine rings is 1. The van der Waals surface area contributed by atoms with E-state index < -0.39 is 0 Å². The van der Waals surface area contributed by atoms with Gasteiger partial charge in [0.05, 0.1) is 6.61 Å². The minimum atomic E-state index is -0.269. The Bertz CT molecular complexity index is 921. The fraction of sp³-hybridized carbons (Fsp3) is 0.360. The van der Waals surface area contributed by atoms with Gasteiger partial charge < -0.3 is 25.4 Å². The topological polar surface area (TPSA) is 101 Å². The fourth-order valence-electron chi connectivity index (χ4n) is 3.59. The molecule has 0 unspecified atom stereocenters. The summed E-state index contributed by atoms with van der Waals surface area (Å²) in [5.74, 6) is 0.610. The second kappa shape index (κ2) is 11.9. The lowest BCUT2D eigenvalue weighted by Crippen LogP contribution is -2.34. The Morgan fingerprint density at radius 2 is 1.97 bits per heavy atom. The summed E-state index contributed by atoms with van der Waals surface area (Å²) < 4.78 is 11.2. The molecule has 1 aliphatic rings. The Kier molecular flexibility index (Phi) is 8.69. The molecule has 0 radical (unpaired) electrons. The summed E-state index contributed by atoms with van der Waals surface area (Å²) in [6, 6.07) is 15.3. The van der Waals surface area contributed by atoms with E-state index in [0.717, 1.165) is 42.9 Å². The van der Waals surface area contributed by atoms with E-state index in [4.69, 9.17) is 20.6 Å². The molecule has 0 atom stereocenters. The molecule has 0 amide bonds. The van der Waals surface area contributed by atoms with Gasteiger partial charge in [-0.3, -0.25) is 10.2 Å². The van der Waals surface area contributed by atoms with Crippen molar-refractivity contribution in [2.75, 3.05) is 37.7 Å². The highest BCUT2D eigenvalue weighted by Crippen LogP contribution is 2.22. The second-order valence-electron chi connectivity index (χ2n) is 7.69. The molecule has 1 saturated heterocycles. The molecule has 7 heteroatoms. The van der Waals surface area contributed by atoms with E-state index in [-0.39, 0.29) is 24.5 Å². The number of carbonyl (C=O) groups excluding carboxylic acids is 1. The molecule has 0 bridgehead atoms. The van der Waals surface area contributed by atoms with Crippen molar-refractivity contribution < 1.29 is 14.3 Å². The van der Waals surface area contributed by atoms with Crippen LogP contribution in [0.4, 0.5) is 5.69 Å². The van der Waals surface area contributed by atoms with Crippen LogP contribution in [0.15, 0.2) is 54.6 Å². The van der Waals surface area contributed by atoms with Gasteiger partial charge in [-0.2, -0.15) is 0 Å². The number of nitrogens with one attached hydrogen (secondary N) is 2. The van der Waals surface area contributed by atoms with Crippen LogP contribution in [-0.2, 0) is 9.53 Å². The molecule has 3 rings (SSSR count). The Morgan fingerprint density at radius 1 is 1.22 bits per heavy atom. The highest BCUT2D eigenvalue weighted by Gasteiger charge is 2.15. The van der Waals surface area contributed by atoms with Gasteiger partial charge >= 0.3 is 5.97 Å². The van der Waals surface area contributed by atoms with Crippen molar-refractivity contribution in [2.24, 2.45) is 5.73 Å². The second-order valence-corrected chi connectivity index (χ2v) is 7.69. The summed E-state index contributed by atoms with van der Waals surface area (Å²) in [6.45, 7) is 4.80. The van der Waals surface area contributed by atoms with Gasteiger partial charge in [0.15, 0.2) is 0 Å². The lowest BCUT2D eigenvalue weighted by atomic mass is 10.1. The summed E-state index contributed by atoms with van der Waals surface area (Å²) in [7, 11) is 0. The molecule has 1 fully saturated rings. The number of benzene rings is 2. The van der Waals surface area contributed by atoms with Crippen molar-refractivity contribution >= 4 is 23.6 Å². The number of nitrogen functional groups attached to an aromatic ring is 1. The Morgan fingerprint density at radius 3 is 2.66 bits per heavy atom. The summed E-state index contributed by atoms with van der Waals surface area (Å²) >= 11 is 0. The average molecular weight is 437 g/mol. The molecule has 1 heterocycles. The van der Waals surface area contributed by atoms with Crippen molar-refractivity contribution in [1.82, 2.24) is 5.32 Å². The van der Waals surface area contributed by atoms with Crippen molar-refractivity contribution in [3.05, 3.63) is 65.7 Å². The quantitative estimate of drug-likeness (QED) is 0.300. The van der Waals surface area contributed by atoms with Gasteiger partial charge in [-0.15, -0.1) is 0 Å². The van der Waals surface area contributed by atoms with E-state index >= 15 is 0 Å². The van der Waals surface area contributed by atoms with Crippen LogP contribution in [0.25, 0.3) is 6.08 Å². The van der Waals surface area contributed by atoms with E-state index in [1.807, 2.05) is 59.5 Å². The zero-order valence-corrected chi connectivity index (χ0v) is 18.5. The van der Waals surface area contributed by atoms with E-state index in [2.05, 4.69) is 5.32 Å². The smallest absolute Gasteiger partial charge is 0.325 e. The van der Waals surface area contributed by atoms with E-state index in [1.54, 1.807) is 13.0 Å². The number of nitrogens with zero attached hydrogens (tertiary/aromatic N) is 1. The molecule has 2 aromatic rings. The number of hydrogen-bond acceptors (Lipinski definition) is 6. The molecule has 0 aliphatic carbocycles. The summed E-state index contributed by atoms with van der Waals surface area (Å²) in [5.41, 5.74) is 8.12. The van der Waals surface area contributed by atoms with Gasteiger partial charge in [0.1, 0.15) is 24.2 Å². The largest absolute Gasteiger partial charge is 0.490 e. The average Bonchev–Trinajstić information content (AvgIpc) is 2.80. The third-order valence-electron chi connectivity index (χ3n) is 5.25. The van der Waals surface area contributed by atoms with Crippen molar-refractivity contribution in [1.29, 1.82) is 5.41 Å². The standard InChI is InChI=1S/C25H32N4O3/c1-2-31-24(30)18-29(16-4-6-19-5-3-7-20(17-19)25(26)27)21-8-10-22(11-9-21)32-23-12-14-28-15-13-23/h3-11,17,23,28H,2,12-16,18H2,1H3,(H3,26,27)/b6-4+. The first-order valence-electron chi connectivity index (χ1n) is 11.0. The van der Waals surface area contributed by atoms with Gasteiger partial charge in [0.2, 0.25) is 0 Å². The first kappa shape index (κ1) is 23.3. The van der Waals surface area contributed by atoms with E-state index in [9.17, 15) is 4.79 Å². The van der Waals surface area contributed by atoms with Gasteiger partial charge in [-0.25, -0.2) is 0 Å². The van der Waals surface area contributed by atoms with Crippen LogP contribution in [0.5, 0.6) is 5.75 Å². The van der Waals surface area contributed by atoms with E-state index in [0.29, 0.717) is 18.7 Å². The molecule has 7 nitrogen and oxygen atoms in total. The summed E-state index contributed by atoms with van der Waals surface area (Å²) in [4.78, 5) is 14.1.